The number of aliphatic imine (C=N–C) groups is 1. The average molecular weight is 463 g/mol. The van der Waals surface area contributed by atoms with Crippen molar-refractivity contribution in [3.8, 4) is 0 Å². The number of nitrogens with two attached hydrogens (primary N) is 1. The lowest BCUT2D eigenvalue weighted by Crippen LogP contribution is -2.55. The van der Waals surface area contributed by atoms with Gasteiger partial charge >= 0.3 is 0 Å². The van der Waals surface area contributed by atoms with Crippen LogP contribution in [0.2, 0.25) is 0 Å². The number of rotatable bonds is 4. The van der Waals surface area contributed by atoms with Gasteiger partial charge in [0.1, 0.15) is 5.84 Å². The van der Waals surface area contributed by atoms with Crippen molar-refractivity contribution in [3.63, 3.8) is 0 Å². The second kappa shape index (κ2) is 8.88. The van der Waals surface area contributed by atoms with E-state index in [4.69, 9.17) is 10.5 Å². The van der Waals surface area contributed by atoms with Gasteiger partial charge in [-0.2, -0.15) is 0 Å². The van der Waals surface area contributed by atoms with Gasteiger partial charge in [-0.05, 0) is 53.4 Å². The maximum atomic E-state index is 13.2. The summed E-state index contributed by atoms with van der Waals surface area (Å²) in [6, 6.07) is 10.8. The second-order valence-corrected chi connectivity index (χ2v) is 8.52. The van der Waals surface area contributed by atoms with Crippen LogP contribution in [0.3, 0.4) is 0 Å². The maximum Gasteiger partial charge on any atom is 0.259 e. The van der Waals surface area contributed by atoms with Gasteiger partial charge in [0.25, 0.3) is 11.8 Å². The van der Waals surface area contributed by atoms with Crippen molar-refractivity contribution in [2.24, 2.45) is 10.7 Å². The Hall–Kier alpha value is -3.76. The number of amides is 3. The molecular formula is C24H25N5O5. The number of fused-ring (bicyclic) bond motifs is 2. The van der Waals surface area contributed by atoms with Gasteiger partial charge in [0, 0.05) is 36.4 Å². The molecule has 0 radical (unpaired) electrons. The average Bonchev–Trinajstić information content (AvgIpc) is 3.10. The Bertz CT molecular complexity index is 1210. The van der Waals surface area contributed by atoms with Crippen molar-refractivity contribution in [1.82, 2.24) is 5.32 Å². The van der Waals surface area contributed by atoms with Gasteiger partial charge in [0.05, 0.1) is 13.2 Å². The third-order valence-corrected chi connectivity index (χ3v) is 6.34. The van der Waals surface area contributed by atoms with Crippen LogP contribution < -0.4 is 21.3 Å². The fourth-order valence-electron chi connectivity index (χ4n) is 4.47. The quantitative estimate of drug-likeness (QED) is 0.509. The molecule has 1 saturated heterocycles. The number of ether oxygens (including phenoxy) is 1. The summed E-state index contributed by atoms with van der Waals surface area (Å²) in [7, 11) is 0. The summed E-state index contributed by atoms with van der Waals surface area (Å²) in [4.78, 5) is 43.3. The minimum atomic E-state index is -1.69. The van der Waals surface area contributed by atoms with Gasteiger partial charge in [-0.15, -0.1) is 0 Å². The van der Waals surface area contributed by atoms with Crippen molar-refractivity contribution >= 4 is 34.9 Å². The monoisotopic (exact) mass is 463 g/mol. The van der Waals surface area contributed by atoms with Crippen LogP contribution in [0.25, 0.3) is 0 Å². The number of anilines is 2. The fraction of sp³-hybridized carbons (Fsp3) is 0.333. The van der Waals surface area contributed by atoms with Gasteiger partial charge in [0.15, 0.2) is 12.2 Å². The van der Waals surface area contributed by atoms with E-state index < -0.39 is 24.0 Å². The number of aliphatic hydroxyl groups is 1. The number of benzene rings is 2. The van der Waals surface area contributed by atoms with Crippen LogP contribution in [0.4, 0.5) is 11.4 Å². The molecule has 176 valence electrons. The Morgan fingerprint density at radius 2 is 2.03 bits per heavy atom. The van der Waals surface area contributed by atoms with Crippen LogP contribution in [-0.4, -0.2) is 54.0 Å². The molecule has 3 aliphatic rings. The molecule has 0 saturated carbocycles. The van der Waals surface area contributed by atoms with E-state index in [1.54, 1.807) is 24.3 Å². The highest BCUT2D eigenvalue weighted by Gasteiger charge is 2.39. The Kier molecular flexibility index (Phi) is 5.76. The molecule has 0 aliphatic carbocycles. The van der Waals surface area contributed by atoms with E-state index >= 15 is 0 Å². The number of nitrogens with one attached hydrogen (secondary N) is 2. The number of amidine groups is 1. The fourth-order valence-corrected chi connectivity index (χ4v) is 4.47. The summed E-state index contributed by atoms with van der Waals surface area (Å²) < 4.78 is 5.51. The van der Waals surface area contributed by atoms with E-state index in [0.29, 0.717) is 49.7 Å². The summed E-state index contributed by atoms with van der Waals surface area (Å²) >= 11 is 0. The molecule has 10 heteroatoms. The Morgan fingerprint density at radius 3 is 2.88 bits per heavy atom. The number of carbonyl (C=O) groups is 3. The number of carbonyl (C=O) groups excluding carboxylic acids is 3. The Balaban J connectivity index is 1.29. The lowest BCUT2D eigenvalue weighted by Gasteiger charge is -2.34. The molecule has 5 N–H and O–H groups in total. The van der Waals surface area contributed by atoms with Crippen molar-refractivity contribution < 1.29 is 24.2 Å². The minimum Gasteiger partial charge on any atom is -0.383 e. The molecule has 5 rings (SSSR count). The number of hydrogen-bond donors (Lipinski definition) is 4. The van der Waals surface area contributed by atoms with Crippen LogP contribution in [-0.2, 0) is 38.6 Å². The third-order valence-electron chi connectivity index (χ3n) is 6.34. The summed E-state index contributed by atoms with van der Waals surface area (Å²) in [5, 5.41) is 16.1. The first kappa shape index (κ1) is 22.1. The summed E-state index contributed by atoms with van der Waals surface area (Å²) in [6.07, 6.45) is -2.05. The molecule has 0 unspecified atom stereocenters. The maximum absolute atomic E-state index is 13.2. The molecular weight excluding hydrogens is 438 g/mol. The van der Waals surface area contributed by atoms with Crippen molar-refractivity contribution in [2.75, 3.05) is 23.4 Å². The molecule has 34 heavy (non-hydrogen) atoms. The highest BCUT2D eigenvalue weighted by molar-refractivity contribution is 6.05. The predicted octanol–water partition coefficient (Wildman–Crippen LogP) is 0.199. The second-order valence-electron chi connectivity index (χ2n) is 8.52. The SMILES string of the molecule is NC1=NCc2cc(NC(=O)[C@H](O)[C@H]3OCCN(c4ccc5c(c4)CCC(=O)NC5)C3=O)ccc21. The van der Waals surface area contributed by atoms with Crippen LogP contribution in [0, 0.1) is 0 Å². The predicted molar refractivity (Wildman–Crippen MR) is 124 cm³/mol. The van der Waals surface area contributed by atoms with Gasteiger partial charge in [-0.1, -0.05) is 6.07 Å². The largest absolute Gasteiger partial charge is 0.383 e. The van der Waals surface area contributed by atoms with Crippen LogP contribution in [0.15, 0.2) is 41.4 Å². The van der Waals surface area contributed by atoms with Gasteiger partial charge in [-0.3, -0.25) is 19.4 Å². The molecule has 10 nitrogen and oxygen atoms in total. The molecule has 3 amide bonds. The Labute approximate surface area is 195 Å². The van der Waals surface area contributed by atoms with E-state index in [9.17, 15) is 19.5 Å². The topological polar surface area (TPSA) is 146 Å². The molecule has 0 aromatic heterocycles. The molecule has 2 aromatic rings. The molecule has 0 bridgehead atoms. The van der Waals surface area contributed by atoms with E-state index in [0.717, 1.165) is 22.3 Å². The highest BCUT2D eigenvalue weighted by Crippen LogP contribution is 2.26. The number of morpholine rings is 1. The molecule has 0 spiro atoms. The molecule has 1 fully saturated rings. The first-order chi connectivity index (χ1) is 16.4. The zero-order valence-electron chi connectivity index (χ0n) is 18.4. The summed E-state index contributed by atoms with van der Waals surface area (Å²) in [5.74, 6) is -0.783. The first-order valence-electron chi connectivity index (χ1n) is 11.1. The van der Waals surface area contributed by atoms with E-state index in [-0.39, 0.29) is 12.5 Å². The zero-order chi connectivity index (χ0) is 23.8. The zero-order valence-corrected chi connectivity index (χ0v) is 18.4. The van der Waals surface area contributed by atoms with Crippen molar-refractivity contribution in [2.45, 2.75) is 38.1 Å². The van der Waals surface area contributed by atoms with Crippen LogP contribution in [0.1, 0.15) is 28.7 Å². The summed E-state index contributed by atoms with van der Waals surface area (Å²) in [6.45, 7) is 1.35. The highest BCUT2D eigenvalue weighted by atomic mass is 16.5. The van der Waals surface area contributed by atoms with Gasteiger partial charge in [0.2, 0.25) is 5.91 Å². The first-order valence-corrected chi connectivity index (χ1v) is 11.1. The minimum absolute atomic E-state index is 0.00578. The van der Waals surface area contributed by atoms with Crippen molar-refractivity contribution in [1.29, 1.82) is 0 Å². The third kappa shape index (κ3) is 4.13. The molecule has 2 atom stereocenters. The number of aryl methyl sites for hydroxylation is 1. The standard InChI is InChI=1S/C24H25N5O5/c25-22-18-5-3-16(9-15(18)12-27-22)28-23(32)20(31)21-24(33)29(7-8-34-21)17-4-1-14-11-26-19(30)6-2-13(14)10-17/h1,3-5,9-10,20-21,31H,2,6-8,11-12H2,(H2,25,27)(H,26,30)(H,28,32)/t20-,21-/m1/s1. The van der Waals surface area contributed by atoms with E-state index in [1.165, 1.54) is 4.90 Å². The number of nitrogens with zero attached hydrogens (tertiary/aromatic N) is 2. The number of aliphatic hydroxyl groups excluding tert-OH is 1. The van der Waals surface area contributed by atoms with Gasteiger partial charge < -0.3 is 31.1 Å². The number of hydrogen-bond acceptors (Lipinski definition) is 7. The van der Waals surface area contributed by atoms with Gasteiger partial charge in [-0.25, -0.2) is 0 Å². The molecule has 3 heterocycles. The van der Waals surface area contributed by atoms with E-state index in [1.807, 2.05) is 12.1 Å². The normalized spacial score (nSPS) is 20.6. The molecule has 3 aliphatic heterocycles. The van der Waals surface area contributed by atoms with Crippen LogP contribution >= 0.6 is 0 Å². The van der Waals surface area contributed by atoms with Crippen molar-refractivity contribution in [3.05, 3.63) is 58.7 Å². The van der Waals surface area contributed by atoms with Crippen LogP contribution in [0.5, 0.6) is 0 Å². The smallest absolute Gasteiger partial charge is 0.259 e. The Morgan fingerprint density at radius 1 is 1.18 bits per heavy atom. The van der Waals surface area contributed by atoms with E-state index in [2.05, 4.69) is 15.6 Å². The summed E-state index contributed by atoms with van der Waals surface area (Å²) in [5.41, 5.74) is 10.6. The lowest BCUT2D eigenvalue weighted by molar-refractivity contribution is -0.150. The lowest BCUT2D eigenvalue weighted by atomic mass is 10.0. The molecule has 2 aromatic carbocycles.